The Kier molecular flexibility index (Phi) is 6.65. The third-order valence-electron chi connectivity index (χ3n) is 5.97. The minimum absolute atomic E-state index is 0.198. The summed E-state index contributed by atoms with van der Waals surface area (Å²) < 4.78 is 12.7. The van der Waals surface area contributed by atoms with Crippen molar-refractivity contribution in [3.05, 3.63) is 30.3 Å². The van der Waals surface area contributed by atoms with Crippen molar-refractivity contribution in [2.45, 2.75) is 57.9 Å². The molecule has 0 spiro atoms. The highest BCUT2D eigenvalue weighted by Crippen LogP contribution is 2.30. The molecular weight excluding hydrogens is 394 g/mol. The SMILES string of the molecule is COCCCCC(=O)N1CCC(c2nc(-c3ccc4cnn(C(C)C)c4c3)no2)CC1. The van der Waals surface area contributed by atoms with Crippen LogP contribution in [-0.2, 0) is 9.53 Å². The van der Waals surface area contributed by atoms with E-state index in [1.807, 2.05) is 27.9 Å². The summed E-state index contributed by atoms with van der Waals surface area (Å²) in [7, 11) is 1.69. The number of ether oxygens (including phenoxy) is 1. The summed E-state index contributed by atoms with van der Waals surface area (Å²) in [5, 5.41) is 9.80. The molecule has 8 heteroatoms. The van der Waals surface area contributed by atoms with Gasteiger partial charge in [0.25, 0.3) is 0 Å². The lowest BCUT2D eigenvalue weighted by Crippen LogP contribution is -2.37. The number of hydrogen-bond donors (Lipinski definition) is 0. The first-order valence-corrected chi connectivity index (χ1v) is 11.1. The van der Waals surface area contributed by atoms with Crippen LogP contribution in [0.25, 0.3) is 22.3 Å². The van der Waals surface area contributed by atoms with Gasteiger partial charge < -0.3 is 14.2 Å². The number of benzene rings is 1. The summed E-state index contributed by atoms with van der Waals surface area (Å²) >= 11 is 0. The second-order valence-electron chi connectivity index (χ2n) is 8.52. The van der Waals surface area contributed by atoms with Gasteiger partial charge in [0.15, 0.2) is 0 Å². The van der Waals surface area contributed by atoms with E-state index in [1.54, 1.807) is 7.11 Å². The summed E-state index contributed by atoms with van der Waals surface area (Å²) in [6.07, 6.45) is 5.98. The van der Waals surface area contributed by atoms with Crippen molar-refractivity contribution in [1.29, 1.82) is 0 Å². The lowest BCUT2D eigenvalue weighted by molar-refractivity contribution is -0.132. The predicted molar refractivity (Wildman–Crippen MR) is 118 cm³/mol. The quantitative estimate of drug-likeness (QED) is 0.503. The van der Waals surface area contributed by atoms with E-state index in [1.165, 1.54) is 0 Å². The van der Waals surface area contributed by atoms with Crippen LogP contribution in [0, 0.1) is 0 Å². The van der Waals surface area contributed by atoms with Crippen LogP contribution in [-0.4, -0.2) is 57.5 Å². The molecule has 0 bridgehead atoms. The van der Waals surface area contributed by atoms with Crippen molar-refractivity contribution in [3.8, 4) is 11.4 Å². The molecule has 0 unspecified atom stereocenters. The average Bonchev–Trinajstić information content (AvgIpc) is 3.43. The number of methoxy groups -OCH3 is 1. The number of aromatic nitrogens is 4. The van der Waals surface area contributed by atoms with Gasteiger partial charge in [-0.3, -0.25) is 9.48 Å². The first kappa shape index (κ1) is 21.5. The maximum absolute atomic E-state index is 12.4. The zero-order chi connectivity index (χ0) is 21.8. The van der Waals surface area contributed by atoms with Gasteiger partial charge in [-0.1, -0.05) is 17.3 Å². The third-order valence-corrected chi connectivity index (χ3v) is 5.97. The Labute approximate surface area is 182 Å². The fourth-order valence-corrected chi connectivity index (χ4v) is 4.16. The topological polar surface area (TPSA) is 86.3 Å². The molecule has 1 aliphatic rings. The molecule has 1 fully saturated rings. The summed E-state index contributed by atoms with van der Waals surface area (Å²) in [6, 6.07) is 6.40. The van der Waals surface area contributed by atoms with Crippen LogP contribution < -0.4 is 0 Å². The van der Waals surface area contributed by atoms with Crippen LogP contribution in [0.2, 0.25) is 0 Å². The molecule has 8 nitrogen and oxygen atoms in total. The molecule has 0 radical (unpaired) electrons. The summed E-state index contributed by atoms with van der Waals surface area (Å²) in [6.45, 7) is 6.42. The molecule has 4 rings (SSSR count). The minimum atomic E-state index is 0.198. The highest BCUT2D eigenvalue weighted by molar-refractivity contribution is 5.83. The van der Waals surface area contributed by atoms with Gasteiger partial charge in [-0.15, -0.1) is 0 Å². The van der Waals surface area contributed by atoms with E-state index in [0.717, 1.165) is 55.2 Å². The van der Waals surface area contributed by atoms with Crippen molar-refractivity contribution in [2.75, 3.05) is 26.8 Å². The number of piperidine rings is 1. The predicted octanol–water partition coefficient (Wildman–Crippen LogP) is 4.19. The van der Waals surface area contributed by atoms with E-state index in [-0.39, 0.29) is 17.9 Å². The molecule has 0 N–H and O–H groups in total. The second kappa shape index (κ2) is 9.60. The Morgan fingerprint density at radius 1 is 1.26 bits per heavy atom. The normalized spacial score (nSPS) is 15.3. The van der Waals surface area contributed by atoms with Gasteiger partial charge in [0.05, 0.1) is 11.7 Å². The number of nitrogens with zero attached hydrogens (tertiary/aromatic N) is 5. The van der Waals surface area contributed by atoms with E-state index < -0.39 is 0 Å². The van der Waals surface area contributed by atoms with E-state index in [9.17, 15) is 4.79 Å². The molecular formula is C23H31N5O3. The third kappa shape index (κ3) is 4.79. The van der Waals surface area contributed by atoms with Crippen molar-refractivity contribution in [1.82, 2.24) is 24.8 Å². The molecule has 1 saturated heterocycles. The molecule has 0 saturated carbocycles. The highest BCUT2D eigenvalue weighted by Gasteiger charge is 2.27. The smallest absolute Gasteiger partial charge is 0.230 e. The Bertz CT molecular complexity index is 1020. The number of fused-ring (bicyclic) bond motifs is 1. The van der Waals surface area contributed by atoms with Gasteiger partial charge in [-0.25, -0.2) is 0 Å². The summed E-state index contributed by atoms with van der Waals surface area (Å²) in [4.78, 5) is 19.0. The largest absolute Gasteiger partial charge is 0.385 e. The van der Waals surface area contributed by atoms with Gasteiger partial charge >= 0.3 is 0 Å². The lowest BCUT2D eigenvalue weighted by atomic mass is 9.96. The highest BCUT2D eigenvalue weighted by atomic mass is 16.5. The Balaban J connectivity index is 1.38. The van der Waals surface area contributed by atoms with Gasteiger partial charge in [0, 0.05) is 56.1 Å². The van der Waals surface area contributed by atoms with E-state index in [4.69, 9.17) is 9.26 Å². The van der Waals surface area contributed by atoms with E-state index in [2.05, 4.69) is 35.2 Å². The number of unbranched alkanes of at least 4 members (excludes halogenated alkanes) is 1. The molecule has 1 aliphatic heterocycles. The van der Waals surface area contributed by atoms with Crippen LogP contribution in [0.15, 0.2) is 28.9 Å². The number of rotatable bonds is 8. The summed E-state index contributed by atoms with van der Waals surface area (Å²) in [5.74, 6) is 1.70. The number of carbonyl (C=O) groups is 1. The van der Waals surface area contributed by atoms with Crippen LogP contribution in [0.3, 0.4) is 0 Å². The van der Waals surface area contributed by atoms with Gasteiger partial charge in [-0.05, 0) is 45.6 Å². The summed E-state index contributed by atoms with van der Waals surface area (Å²) in [5.41, 5.74) is 1.99. The Morgan fingerprint density at radius 2 is 2.06 bits per heavy atom. The Hall–Kier alpha value is -2.74. The molecule has 1 aromatic carbocycles. The molecule has 3 heterocycles. The van der Waals surface area contributed by atoms with Gasteiger partial charge in [-0.2, -0.15) is 10.1 Å². The number of carbonyl (C=O) groups excluding carboxylic acids is 1. The fourth-order valence-electron chi connectivity index (χ4n) is 4.16. The van der Waals surface area contributed by atoms with Crippen LogP contribution in [0.4, 0.5) is 0 Å². The molecule has 1 amide bonds. The van der Waals surface area contributed by atoms with E-state index >= 15 is 0 Å². The van der Waals surface area contributed by atoms with Crippen molar-refractivity contribution in [3.63, 3.8) is 0 Å². The molecule has 0 atom stereocenters. The van der Waals surface area contributed by atoms with E-state index in [0.29, 0.717) is 24.7 Å². The van der Waals surface area contributed by atoms with Gasteiger partial charge in [0.2, 0.25) is 17.6 Å². The monoisotopic (exact) mass is 425 g/mol. The van der Waals surface area contributed by atoms with Crippen LogP contribution >= 0.6 is 0 Å². The van der Waals surface area contributed by atoms with Gasteiger partial charge in [0.1, 0.15) is 0 Å². The zero-order valence-corrected chi connectivity index (χ0v) is 18.6. The van der Waals surface area contributed by atoms with Crippen molar-refractivity contribution >= 4 is 16.8 Å². The molecule has 31 heavy (non-hydrogen) atoms. The van der Waals surface area contributed by atoms with Crippen molar-refractivity contribution in [2.24, 2.45) is 0 Å². The fraction of sp³-hybridized carbons (Fsp3) is 0.565. The number of amides is 1. The maximum Gasteiger partial charge on any atom is 0.230 e. The first-order chi connectivity index (χ1) is 15.1. The second-order valence-corrected chi connectivity index (χ2v) is 8.52. The zero-order valence-electron chi connectivity index (χ0n) is 18.6. The number of hydrogen-bond acceptors (Lipinski definition) is 6. The van der Waals surface area contributed by atoms with Crippen molar-refractivity contribution < 1.29 is 14.1 Å². The first-order valence-electron chi connectivity index (χ1n) is 11.1. The molecule has 0 aliphatic carbocycles. The molecule has 2 aromatic heterocycles. The standard InChI is InChI=1S/C23H31N5O3/c1-16(2)28-20-14-18(7-8-19(20)15-24-28)22-25-23(31-26-22)17-9-11-27(12-10-17)21(29)6-4-5-13-30-3/h7-8,14-17H,4-6,9-13H2,1-3H3. The molecule has 166 valence electrons. The Morgan fingerprint density at radius 3 is 2.81 bits per heavy atom. The number of likely N-dealkylation sites (tertiary alicyclic amines) is 1. The lowest BCUT2D eigenvalue weighted by Gasteiger charge is -2.30. The average molecular weight is 426 g/mol. The maximum atomic E-state index is 12.4. The van der Waals surface area contributed by atoms with Crippen LogP contribution in [0.1, 0.15) is 63.8 Å². The van der Waals surface area contributed by atoms with Crippen LogP contribution in [0.5, 0.6) is 0 Å². The minimum Gasteiger partial charge on any atom is -0.385 e. The molecule has 3 aromatic rings.